The molecule has 5 heteroatoms. The van der Waals surface area contributed by atoms with E-state index in [1.54, 1.807) is 0 Å². The fourth-order valence-corrected chi connectivity index (χ4v) is 3.15. The van der Waals surface area contributed by atoms with Crippen LogP contribution in [0.25, 0.3) is 0 Å². The first-order valence-corrected chi connectivity index (χ1v) is 7.79. The summed E-state index contributed by atoms with van der Waals surface area (Å²) in [5, 5.41) is 4.17. The highest BCUT2D eigenvalue weighted by molar-refractivity contribution is 6.30. The number of halogens is 4. The van der Waals surface area contributed by atoms with Crippen LogP contribution in [0.1, 0.15) is 38.2 Å². The van der Waals surface area contributed by atoms with Gasteiger partial charge in [-0.05, 0) is 56.7 Å². The molecular formula is C16H21ClF3N. The van der Waals surface area contributed by atoms with Crippen molar-refractivity contribution in [1.29, 1.82) is 0 Å². The summed E-state index contributed by atoms with van der Waals surface area (Å²) in [4.78, 5) is 0. The predicted octanol–water partition coefficient (Wildman–Crippen LogP) is 4.98. The van der Waals surface area contributed by atoms with Gasteiger partial charge < -0.3 is 5.32 Å². The van der Waals surface area contributed by atoms with Gasteiger partial charge in [0.25, 0.3) is 0 Å². The molecule has 0 heterocycles. The average molecular weight is 320 g/mol. The minimum Gasteiger partial charge on any atom is -0.311 e. The zero-order valence-electron chi connectivity index (χ0n) is 12.1. The van der Waals surface area contributed by atoms with Crippen molar-refractivity contribution in [2.45, 2.75) is 57.3 Å². The Morgan fingerprint density at radius 1 is 1.14 bits per heavy atom. The molecule has 1 saturated carbocycles. The predicted molar refractivity (Wildman–Crippen MR) is 79.6 cm³/mol. The highest BCUT2D eigenvalue weighted by Gasteiger charge is 2.41. The van der Waals surface area contributed by atoms with Crippen molar-refractivity contribution in [2.75, 3.05) is 0 Å². The molecule has 1 atom stereocenters. The van der Waals surface area contributed by atoms with E-state index >= 15 is 0 Å². The molecule has 1 aliphatic carbocycles. The lowest BCUT2D eigenvalue weighted by molar-refractivity contribution is -0.182. The van der Waals surface area contributed by atoms with Crippen LogP contribution in [0.5, 0.6) is 0 Å². The summed E-state index contributed by atoms with van der Waals surface area (Å²) < 4.78 is 37.9. The zero-order valence-corrected chi connectivity index (χ0v) is 12.8. The van der Waals surface area contributed by atoms with E-state index in [2.05, 4.69) is 12.2 Å². The second-order valence-corrected chi connectivity index (χ2v) is 6.42. The molecule has 0 aliphatic heterocycles. The number of rotatable bonds is 4. The molecule has 0 amide bonds. The van der Waals surface area contributed by atoms with E-state index < -0.39 is 12.1 Å². The molecule has 0 radical (unpaired) electrons. The second-order valence-electron chi connectivity index (χ2n) is 5.99. The molecule has 118 valence electrons. The smallest absolute Gasteiger partial charge is 0.311 e. The third-order valence-corrected chi connectivity index (χ3v) is 4.42. The van der Waals surface area contributed by atoms with E-state index in [-0.39, 0.29) is 24.9 Å². The van der Waals surface area contributed by atoms with E-state index in [0.29, 0.717) is 17.9 Å². The van der Waals surface area contributed by atoms with Crippen LogP contribution in [0.15, 0.2) is 24.3 Å². The van der Waals surface area contributed by atoms with Gasteiger partial charge in [0.2, 0.25) is 0 Å². The summed E-state index contributed by atoms with van der Waals surface area (Å²) in [5.41, 5.74) is 1.18. The molecule has 0 saturated heterocycles. The van der Waals surface area contributed by atoms with Crippen LogP contribution in [-0.2, 0) is 6.42 Å². The van der Waals surface area contributed by atoms with E-state index in [0.717, 1.165) is 6.42 Å². The van der Waals surface area contributed by atoms with Crippen molar-refractivity contribution in [1.82, 2.24) is 5.32 Å². The number of hydrogen-bond acceptors (Lipinski definition) is 1. The van der Waals surface area contributed by atoms with Crippen LogP contribution in [0.2, 0.25) is 5.02 Å². The van der Waals surface area contributed by atoms with Gasteiger partial charge in [-0.3, -0.25) is 0 Å². The minimum absolute atomic E-state index is 0.200. The third-order valence-electron chi connectivity index (χ3n) is 4.17. The topological polar surface area (TPSA) is 12.0 Å². The maximum Gasteiger partial charge on any atom is 0.391 e. The molecule has 1 aromatic carbocycles. The average Bonchev–Trinajstić information content (AvgIpc) is 2.41. The van der Waals surface area contributed by atoms with Gasteiger partial charge >= 0.3 is 6.18 Å². The van der Waals surface area contributed by atoms with Crippen molar-refractivity contribution >= 4 is 11.6 Å². The van der Waals surface area contributed by atoms with Crippen LogP contribution in [0.3, 0.4) is 0 Å². The standard InChI is InChI=1S/C16H21ClF3N/c1-11(10-12-2-6-14(17)7-3-12)21-15-8-4-13(5-9-15)16(18,19)20/h2-3,6-7,11,13,15,21H,4-5,8-10H2,1H3. The van der Waals surface area contributed by atoms with Crippen molar-refractivity contribution in [3.05, 3.63) is 34.9 Å². The van der Waals surface area contributed by atoms with Crippen LogP contribution in [0, 0.1) is 5.92 Å². The molecule has 1 fully saturated rings. The van der Waals surface area contributed by atoms with Crippen molar-refractivity contribution in [3.63, 3.8) is 0 Å². The van der Waals surface area contributed by atoms with Gasteiger partial charge in [0.1, 0.15) is 0 Å². The Hall–Kier alpha value is -0.740. The van der Waals surface area contributed by atoms with E-state index in [4.69, 9.17) is 11.6 Å². The van der Waals surface area contributed by atoms with Crippen LogP contribution in [0.4, 0.5) is 13.2 Å². The summed E-state index contributed by atoms with van der Waals surface area (Å²) in [6.45, 7) is 2.07. The van der Waals surface area contributed by atoms with Crippen molar-refractivity contribution < 1.29 is 13.2 Å². The fraction of sp³-hybridized carbons (Fsp3) is 0.625. The van der Waals surface area contributed by atoms with Gasteiger partial charge in [0.05, 0.1) is 5.92 Å². The number of benzene rings is 1. The molecule has 1 aromatic rings. The van der Waals surface area contributed by atoms with Crippen molar-refractivity contribution in [2.24, 2.45) is 5.92 Å². The summed E-state index contributed by atoms with van der Waals surface area (Å²) >= 11 is 5.85. The summed E-state index contributed by atoms with van der Waals surface area (Å²) in [6.07, 6.45) is -1.47. The van der Waals surface area contributed by atoms with Gasteiger partial charge in [0.15, 0.2) is 0 Å². The van der Waals surface area contributed by atoms with E-state index in [1.807, 2.05) is 24.3 Å². The number of hydrogen-bond donors (Lipinski definition) is 1. The lowest BCUT2D eigenvalue weighted by atomic mass is 9.85. The molecule has 1 aliphatic rings. The molecule has 0 spiro atoms. The van der Waals surface area contributed by atoms with E-state index in [9.17, 15) is 13.2 Å². The second kappa shape index (κ2) is 7.01. The van der Waals surface area contributed by atoms with Crippen molar-refractivity contribution in [3.8, 4) is 0 Å². The maximum absolute atomic E-state index is 12.6. The van der Waals surface area contributed by atoms with Gasteiger partial charge in [-0.25, -0.2) is 0 Å². The summed E-state index contributed by atoms with van der Waals surface area (Å²) in [5.74, 6) is -1.11. The minimum atomic E-state index is -4.03. The molecule has 1 nitrogen and oxygen atoms in total. The molecule has 0 bridgehead atoms. The molecule has 1 unspecified atom stereocenters. The van der Waals surface area contributed by atoms with Crippen LogP contribution < -0.4 is 5.32 Å². The van der Waals surface area contributed by atoms with Crippen LogP contribution >= 0.6 is 11.6 Å². The molecule has 2 rings (SSSR count). The maximum atomic E-state index is 12.6. The summed E-state index contributed by atoms with van der Waals surface area (Å²) in [6, 6.07) is 8.14. The monoisotopic (exact) mass is 319 g/mol. The van der Waals surface area contributed by atoms with Crippen LogP contribution in [-0.4, -0.2) is 18.3 Å². The molecule has 21 heavy (non-hydrogen) atoms. The third kappa shape index (κ3) is 5.19. The largest absolute Gasteiger partial charge is 0.391 e. The Bertz CT molecular complexity index is 436. The van der Waals surface area contributed by atoms with E-state index in [1.165, 1.54) is 5.56 Å². The molecule has 1 N–H and O–H groups in total. The highest BCUT2D eigenvalue weighted by atomic mass is 35.5. The Labute approximate surface area is 128 Å². The van der Waals surface area contributed by atoms with Gasteiger partial charge in [-0.1, -0.05) is 23.7 Å². The Morgan fingerprint density at radius 3 is 2.24 bits per heavy atom. The lowest BCUT2D eigenvalue weighted by Gasteiger charge is -2.32. The lowest BCUT2D eigenvalue weighted by Crippen LogP contribution is -2.41. The fourth-order valence-electron chi connectivity index (χ4n) is 3.02. The first-order chi connectivity index (χ1) is 9.84. The Kier molecular flexibility index (Phi) is 5.55. The zero-order chi connectivity index (χ0) is 15.5. The highest BCUT2D eigenvalue weighted by Crippen LogP contribution is 2.37. The molecular weight excluding hydrogens is 299 g/mol. The van der Waals surface area contributed by atoms with Gasteiger partial charge in [-0.15, -0.1) is 0 Å². The molecule has 0 aromatic heterocycles. The van der Waals surface area contributed by atoms with Gasteiger partial charge in [-0.2, -0.15) is 13.2 Å². The normalized spacial score (nSPS) is 24.8. The Morgan fingerprint density at radius 2 is 1.71 bits per heavy atom. The quantitative estimate of drug-likeness (QED) is 0.825. The SMILES string of the molecule is CC(Cc1ccc(Cl)cc1)NC1CCC(C(F)(F)F)CC1. The summed E-state index contributed by atoms with van der Waals surface area (Å²) in [7, 11) is 0. The van der Waals surface area contributed by atoms with Gasteiger partial charge in [0, 0.05) is 17.1 Å². The Balaban J connectivity index is 1.76. The first kappa shape index (κ1) is 16.6. The first-order valence-electron chi connectivity index (χ1n) is 7.42. The number of nitrogens with one attached hydrogen (secondary N) is 1. The number of alkyl halides is 3.